The van der Waals surface area contributed by atoms with Gasteiger partial charge in [0, 0.05) is 5.69 Å². The monoisotopic (exact) mass is 200 g/mol. The lowest BCUT2D eigenvalue weighted by atomic mass is 9.81. The fourth-order valence-corrected chi connectivity index (χ4v) is 2.73. The normalized spacial score (nSPS) is 19.5. The van der Waals surface area contributed by atoms with Crippen LogP contribution in [0.1, 0.15) is 53.8 Å². The van der Waals surface area contributed by atoms with E-state index in [4.69, 9.17) is 5.26 Å². The van der Waals surface area contributed by atoms with Gasteiger partial charge in [0.1, 0.15) is 6.07 Å². The fraction of sp³-hybridized carbons (Fsp3) is 0.538. The maximum absolute atomic E-state index is 9.16. The van der Waals surface area contributed by atoms with Gasteiger partial charge in [-0.1, -0.05) is 6.92 Å². The Morgan fingerprint density at radius 1 is 1.33 bits per heavy atom. The Morgan fingerprint density at radius 3 is 2.73 bits per heavy atom. The van der Waals surface area contributed by atoms with Gasteiger partial charge in [-0.15, -0.1) is 0 Å². The Hall–Kier alpha value is -1.36. The number of rotatable bonds is 0. The molecule has 0 fully saturated rings. The molecule has 78 valence electrons. The van der Waals surface area contributed by atoms with E-state index < -0.39 is 0 Å². The van der Waals surface area contributed by atoms with Gasteiger partial charge in [0.25, 0.3) is 0 Å². The minimum Gasteiger partial charge on any atom is -0.257 e. The minimum absolute atomic E-state index is 0.564. The Morgan fingerprint density at radius 2 is 2.07 bits per heavy atom. The average Bonchev–Trinajstić information content (AvgIpc) is 2.17. The number of hydrogen-bond acceptors (Lipinski definition) is 2. The smallest absolute Gasteiger partial charge is 0.101 e. The van der Waals surface area contributed by atoms with Gasteiger partial charge in [-0.05, 0) is 50.2 Å². The average molecular weight is 200 g/mol. The molecule has 1 aliphatic carbocycles. The van der Waals surface area contributed by atoms with Crippen LogP contribution in [0, 0.1) is 25.2 Å². The molecule has 0 aromatic carbocycles. The van der Waals surface area contributed by atoms with E-state index in [0.717, 1.165) is 23.4 Å². The van der Waals surface area contributed by atoms with E-state index in [0.29, 0.717) is 5.92 Å². The first-order valence-electron chi connectivity index (χ1n) is 5.55. The third kappa shape index (κ3) is 1.52. The molecule has 0 amide bonds. The molecule has 2 rings (SSSR count). The van der Waals surface area contributed by atoms with Crippen LogP contribution in [0.4, 0.5) is 0 Å². The molecule has 0 saturated heterocycles. The van der Waals surface area contributed by atoms with E-state index in [1.54, 1.807) is 0 Å². The van der Waals surface area contributed by atoms with Crippen LogP contribution in [0.15, 0.2) is 0 Å². The summed E-state index contributed by atoms with van der Waals surface area (Å²) in [6.45, 7) is 6.24. The van der Waals surface area contributed by atoms with E-state index in [2.05, 4.69) is 24.9 Å². The van der Waals surface area contributed by atoms with Gasteiger partial charge in [-0.3, -0.25) is 4.98 Å². The second-order valence-electron chi connectivity index (χ2n) is 4.45. The molecular weight excluding hydrogens is 184 g/mol. The van der Waals surface area contributed by atoms with Crippen LogP contribution in [-0.4, -0.2) is 4.98 Å². The predicted octanol–water partition coefficient (Wildman–Crippen LogP) is 3.01. The predicted molar refractivity (Wildman–Crippen MR) is 59.8 cm³/mol. The van der Waals surface area contributed by atoms with E-state index in [1.807, 2.05) is 6.92 Å². The van der Waals surface area contributed by atoms with Crippen molar-refractivity contribution >= 4 is 0 Å². The number of nitriles is 1. The van der Waals surface area contributed by atoms with Crippen molar-refractivity contribution in [2.45, 2.75) is 46.0 Å². The summed E-state index contributed by atoms with van der Waals surface area (Å²) in [6, 6.07) is 2.31. The number of aromatic nitrogens is 1. The van der Waals surface area contributed by atoms with Gasteiger partial charge in [0.05, 0.1) is 11.3 Å². The van der Waals surface area contributed by atoms with Crippen molar-refractivity contribution < 1.29 is 0 Å². The van der Waals surface area contributed by atoms with Crippen LogP contribution < -0.4 is 0 Å². The van der Waals surface area contributed by atoms with Gasteiger partial charge in [0.2, 0.25) is 0 Å². The standard InChI is InChI=1S/C13H16N2/c1-8-5-4-6-11-12(7-14)9(2)15-10(3)13(8)11/h8H,4-6H2,1-3H3. The van der Waals surface area contributed by atoms with Gasteiger partial charge < -0.3 is 0 Å². The quantitative estimate of drug-likeness (QED) is 0.645. The summed E-state index contributed by atoms with van der Waals surface area (Å²) < 4.78 is 0. The highest BCUT2D eigenvalue weighted by Gasteiger charge is 2.23. The molecule has 1 atom stereocenters. The summed E-state index contributed by atoms with van der Waals surface area (Å²) in [5, 5.41) is 9.16. The SMILES string of the molecule is Cc1nc(C)c2c(c1C#N)CCCC2C. The summed E-state index contributed by atoms with van der Waals surface area (Å²) in [6.07, 6.45) is 3.47. The third-order valence-corrected chi connectivity index (χ3v) is 3.38. The van der Waals surface area contributed by atoms with Gasteiger partial charge in [0.15, 0.2) is 0 Å². The number of hydrogen-bond donors (Lipinski definition) is 0. The highest BCUT2D eigenvalue weighted by molar-refractivity contribution is 5.49. The van der Waals surface area contributed by atoms with Crippen molar-refractivity contribution in [2.75, 3.05) is 0 Å². The molecule has 15 heavy (non-hydrogen) atoms. The summed E-state index contributed by atoms with van der Waals surface area (Å²) >= 11 is 0. The Balaban J connectivity index is 2.72. The summed E-state index contributed by atoms with van der Waals surface area (Å²) in [4.78, 5) is 4.49. The lowest BCUT2D eigenvalue weighted by Crippen LogP contribution is -2.13. The van der Waals surface area contributed by atoms with Crippen molar-refractivity contribution in [3.05, 3.63) is 28.1 Å². The first-order valence-corrected chi connectivity index (χ1v) is 5.55. The lowest BCUT2D eigenvalue weighted by molar-refractivity contribution is 0.581. The van der Waals surface area contributed by atoms with E-state index in [-0.39, 0.29) is 0 Å². The number of fused-ring (bicyclic) bond motifs is 1. The number of pyridine rings is 1. The molecule has 1 aliphatic rings. The van der Waals surface area contributed by atoms with Gasteiger partial charge in [-0.2, -0.15) is 5.26 Å². The minimum atomic E-state index is 0.564. The molecular formula is C13H16N2. The van der Waals surface area contributed by atoms with Crippen molar-refractivity contribution in [2.24, 2.45) is 0 Å². The van der Waals surface area contributed by atoms with Crippen LogP contribution >= 0.6 is 0 Å². The molecule has 0 radical (unpaired) electrons. The van der Waals surface area contributed by atoms with Crippen LogP contribution in [-0.2, 0) is 6.42 Å². The molecule has 0 N–H and O–H groups in total. The van der Waals surface area contributed by atoms with Gasteiger partial charge in [-0.25, -0.2) is 0 Å². The highest BCUT2D eigenvalue weighted by atomic mass is 14.7. The van der Waals surface area contributed by atoms with E-state index in [9.17, 15) is 0 Å². The molecule has 1 aromatic rings. The molecule has 0 spiro atoms. The van der Waals surface area contributed by atoms with Crippen molar-refractivity contribution in [3.8, 4) is 6.07 Å². The maximum atomic E-state index is 9.16. The molecule has 0 bridgehead atoms. The van der Waals surface area contributed by atoms with Crippen LogP contribution in [0.2, 0.25) is 0 Å². The fourth-order valence-electron chi connectivity index (χ4n) is 2.73. The first-order chi connectivity index (χ1) is 7.15. The number of aryl methyl sites for hydroxylation is 2. The summed E-state index contributed by atoms with van der Waals surface area (Å²) in [7, 11) is 0. The zero-order valence-electron chi connectivity index (χ0n) is 9.59. The van der Waals surface area contributed by atoms with E-state index >= 15 is 0 Å². The van der Waals surface area contributed by atoms with Gasteiger partial charge >= 0.3 is 0 Å². The summed E-state index contributed by atoms with van der Waals surface area (Å²) in [5.74, 6) is 0.564. The summed E-state index contributed by atoms with van der Waals surface area (Å²) in [5.41, 5.74) is 5.43. The first kappa shape index (κ1) is 10.2. The van der Waals surface area contributed by atoms with Crippen molar-refractivity contribution in [1.29, 1.82) is 5.26 Å². The second kappa shape index (κ2) is 3.66. The molecule has 2 heteroatoms. The van der Waals surface area contributed by atoms with Crippen molar-refractivity contribution in [3.63, 3.8) is 0 Å². The molecule has 0 aliphatic heterocycles. The molecule has 2 nitrogen and oxygen atoms in total. The van der Waals surface area contributed by atoms with Crippen LogP contribution in [0.5, 0.6) is 0 Å². The largest absolute Gasteiger partial charge is 0.257 e. The van der Waals surface area contributed by atoms with Crippen molar-refractivity contribution in [1.82, 2.24) is 4.98 Å². The highest BCUT2D eigenvalue weighted by Crippen LogP contribution is 2.35. The van der Waals surface area contributed by atoms with Crippen LogP contribution in [0.25, 0.3) is 0 Å². The zero-order valence-corrected chi connectivity index (χ0v) is 9.59. The number of nitrogens with zero attached hydrogens (tertiary/aromatic N) is 2. The Labute approximate surface area is 91.0 Å². The van der Waals surface area contributed by atoms with Crippen LogP contribution in [0.3, 0.4) is 0 Å². The second-order valence-corrected chi connectivity index (χ2v) is 4.45. The Bertz CT molecular complexity index is 441. The maximum Gasteiger partial charge on any atom is 0.101 e. The molecule has 1 aromatic heterocycles. The molecule has 1 heterocycles. The van der Waals surface area contributed by atoms with E-state index in [1.165, 1.54) is 24.0 Å². The zero-order chi connectivity index (χ0) is 11.0. The Kier molecular flexibility index (Phi) is 2.48. The molecule has 0 saturated carbocycles. The topological polar surface area (TPSA) is 36.7 Å². The lowest BCUT2D eigenvalue weighted by Gasteiger charge is -2.25. The molecule has 1 unspecified atom stereocenters. The third-order valence-electron chi connectivity index (χ3n) is 3.38.